The summed E-state index contributed by atoms with van der Waals surface area (Å²) in [5.41, 5.74) is 1.10. The minimum absolute atomic E-state index is 0.00605. The molecule has 4 nitrogen and oxygen atoms in total. The molecule has 0 aliphatic heterocycles. The first kappa shape index (κ1) is 19.1. The van der Waals surface area contributed by atoms with Crippen molar-refractivity contribution >= 4 is 21.4 Å². The zero-order valence-electron chi connectivity index (χ0n) is 14.8. The zero-order valence-corrected chi connectivity index (χ0v) is 16.4. The first-order valence-corrected chi connectivity index (χ1v) is 10.1. The largest absolute Gasteiger partial charge is 0.375 e. The van der Waals surface area contributed by atoms with Gasteiger partial charge in [0, 0.05) is 23.4 Å². The molecule has 0 amide bonds. The van der Waals surface area contributed by atoms with Crippen LogP contribution in [0.15, 0.2) is 41.3 Å². The molecule has 0 aliphatic carbocycles. The molecule has 24 heavy (non-hydrogen) atoms. The molecule has 1 unspecified atom stereocenters. The van der Waals surface area contributed by atoms with Crippen LogP contribution in [-0.2, 0) is 20.2 Å². The lowest BCUT2D eigenvalue weighted by molar-refractivity contribution is 0.110. The van der Waals surface area contributed by atoms with Gasteiger partial charge in [0.05, 0.1) is 4.90 Å². The Morgan fingerprint density at radius 2 is 1.75 bits per heavy atom. The van der Waals surface area contributed by atoms with E-state index in [1.54, 1.807) is 30.6 Å². The smallest absolute Gasteiger partial charge is 0.240 e. The van der Waals surface area contributed by atoms with Gasteiger partial charge in [0.2, 0.25) is 10.0 Å². The Balaban J connectivity index is 2.10. The van der Waals surface area contributed by atoms with Crippen LogP contribution in [0.3, 0.4) is 0 Å². The molecule has 0 radical (unpaired) electrons. The van der Waals surface area contributed by atoms with Gasteiger partial charge in [-0.15, -0.1) is 11.3 Å². The van der Waals surface area contributed by atoms with Crippen LogP contribution in [0.5, 0.6) is 0 Å². The summed E-state index contributed by atoms with van der Waals surface area (Å²) < 4.78 is 33.0. The lowest BCUT2D eigenvalue weighted by Crippen LogP contribution is -2.29. The highest BCUT2D eigenvalue weighted by molar-refractivity contribution is 7.89. The van der Waals surface area contributed by atoms with Gasteiger partial charge in [-0.05, 0) is 42.2 Å². The van der Waals surface area contributed by atoms with Gasteiger partial charge in [0.1, 0.15) is 6.10 Å². The van der Waals surface area contributed by atoms with Gasteiger partial charge in [0.15, 0.2) is 0 Å². The molecule has 2 rings (SSSR count). The highest BCUT2D eigenvalue weighted by atomic mass is 32.2. The number of hydrogen-bond acceptors (Lipinski definition) is 4. The van der Waals surface area contributed by atoms with Crippen molar-refractivity contribution in [2.75, 3.05) is 13.7 Å². The summed E-state index contributed by atoms with van der Waals surface area (Å²) in [5.74, 6) is 0. The third kappa shape index (κ3) is 4.66. The number of ether oxygens (including phenoxy) is 1. The Kier molecular flexibility index (Phi) is 5.86. The van der Waals surface area contributed by atoms with Crippen molar-refractivity contribution in [2.24, 2.45) is 0 Å². The average molecular weight is 368 g/mol. The summed E-state index contributed by atoms with van der Waals surface area (Å²) in [4.78, 5) is 2.46. The van der Waals surface area contributed by atoms with Crippen molar-refractivity contribution in [3.8, 4) is 0 Å². The fourth-order valence-electron chi connectivity index (χ4n) is 2.33. The number of sulfonamides is 1. The van der Waals surface area contributed by atoms with Crippen molar-refractivity contribution in [3.63, 3.8) is 0 Å². The second-order valence-corrected chi connectivity index (χ2v) is 9.89. The highest BCUT2D eigenvalue weighted by Crippen LogP contribution is 2.26. The molecule has 0 bridgehead atoms. The summed E-state index contributed by atoms with van der Waals surface area (Å²) in [6, 6.07) is 11.0. The molecule has 0 fully saturated rings. The molecule has 1 aromatic heterocycles. The van der Waals surface area contributed by atoms with Gasteiger partial charge in [-0.25, -0.2) is 13.1 Å². The molecular formula is C18H25NO3S2. The van der Waals surface area contributed by atoms with Crippen LogP contribution in [0.4, 0.5) is 0 Å². The van der Waals surface area contributed by atoms with Crippen LogP contribution < -0.4 is 4.72 Å². The van der Waals surface area contributed by atoms with E-state index in [4.69, 9.17) is 4.74 Å². The van der Waals surface area contributed by atoms with E-state index in [1.165, 1.54) is 4.88 Å². The molecule has 1 aromatic carbocycles. The van der Waals surface area contributed by atoms with E-state index in [-0.39, 0.29) is 23.0 Å². The second kappa shape index (κ2) is 7.35. The third-order valence-corrected chi connectivity index (χ3v) is 6.38. The minimum Gasteiger partial charge on any atom is -0.375 e. The maximum absolute atomic E-state index is 12.5. The van der Waals surface area contributed by atoms with E-state index in [0.29, 0.717) is 0 Å². The van der Waals surface area contributed by atoms with Gasteiger partial charge in [-0.2, -0.15) is 0 Å². The summed E-state index contributed by atoms with van der Waals surface area (Å²) in [5, 5.41) is 0. The van der Waals surface area contributed by atoms with Crippen LogP contribution in [0.25, 0.3) is 0 Å². The summed E-state index contributed by atoms with van der Waals surface area (Å²) in [7, 11) is -1.96. The first-order chi connectivity index (χ1) is 11.1. The Labute approximate surface area is 148 Å². The van der Waals surface area contributed by atoms with Crippen LogP contribution in [0, 0.1) is 6.92 Å². The van der Waals surface area contributed by atoms with Gasteiger partial charge in [-0.3, -0.25) is 0 Å². The zero-order chi connectivity index (χ0) is 18.0. The molecule has 6 heteroatoms. The average Bonchev–Trinajstić information content (AvgIpc) is 2.93. The standard InChI is InChI=1S/C18H25NO3S2/c1-13-6-11-17(23-13)16(22-5)12-19-24(20,21)15-9-7-14(8-10-15)18(2,3)4/h6-11,16,19H,12H2,1-5H3. The monoisotopic (exact) mass is 367 g/mol. The fourth-order valence-corrected chi connectivity index (χ4v) is 4.32. The normalized spacial score (nSPS) is 13.9. The van der Waals surface area contributed by atoms with Crippen LogP contribution in [0.2, 0.25) is 0 Å². The number of hydrogen-bond donors (Lipinski definition) is 1. The number of benzene rings is 1. The van der Waals surface area contributed by atoms with Crippen molar-refractivity contribution in [1.82, 2.24) is 4.72 Å². The molecule has 2 aromatic rings. The number of rotatable bonds is 6. The van der Waals surface area contributed by atoms with Crippen molar-refractivity contribution in [3.05, 3.63) is 51.7 Å². The van der Waals surface area contributed by atoms with Gasteiger partial charge in [-0.1, -0.05) is 32.9 Å². The maximum Gasteiger partial charge on any atom is 0.240 e. The van der Waals surface area contributed by atoms with E-state index in [0.717, 1.165) is 10.4 Å². The Hall–Kier alpha value is -1.21. The Morgan fingerprint density at radius 1 is 1.12 bits per heavy atom. The van der Waals surface area contributed by atoms with Crippen molar-refractivity contribution in [1.29, 1.82) is 0 Å². The molecular weight excluding hydrogens is 342 g/mol. The fraction of sp³-hybridized carbons (Fsp3) is 0.444. The van der Waals surface area contributed by atoms with Crippen LogP contribution in [0.1, 0.15) is 42.2 Å². The van der Waals surface area contributed by atoms with Crippen molar-refractivity contribution in [2.45, 2.75) is 44.1 Å². The maximum atomic E-state index is 12.5. The lowest BCUT2D eigenvalue weighted by atomic mass is 9.87. The first-order valence-electron chi connectivity index (χ1n) is 7.83. The molecule has 1 atom stereocenters. The molecule has 0 saturated heterocycles. The highest BCUT2D eigenvalue weighted by Gasteiger charge is 2.20. The molecule has 132 valence electrons. The second-order valence-electron chi connectivity index (χ2n) is 6.80. The van der Waals surface area contributed by atoms with E-state index in [1.807, 2.05) is 31.2 Å². The number of thiophene rings is 1. The van der Waals surface area contributed by atoms with E-state index < -0.39 is 10.0 Å². The molecule has 1 heterocycles. The Bertz CT molecular complexity index is 771. The van der Waals surface area contributed by atoms with E-state index in [9.17, 15) is 8.42 Å². The van der Waals surface area contributed by atoms with Gasteiger partial charge < -0.3 is 4.74 Å². The van der Waals surface area contributed by atoms with E-state index >= 15 is 0 Å². The van der Waals surface area contributed by atoms with Crippen LogP contribution >= 0.6 is 11.3 Å². The van der Waals surface area contributed by atoms with Gasteiger partial charge >= 0.3 is 0 Å². The minimum atomic E-state index is -3.55. The quantitative estimate of drug-likeness (QED) is 0.839. The molecule has 1 N–H and O–H groups in total. The third-order valence-electron chi connectivity index (χ3n) is 3.85. The summed E-state index contributed by atoms with van der Waals surface area (Å²) >= 11 is 1.61. The Morgan fingerprint density at radius 3 is 2.21 bits per heavy atom. The summed E-state index contributed by atoms with van der Waals surface area (Å²) in [6.07, 6.45) is -0.285. The molecule has 0 saturated carbocycles. The molecule has 0 aliphatic rings. The van der Waals surface area contributed by atoms with Crippen molar-refractivity contribution < 1.29 is 13.2 Å². The number of nitrogens with one attached hydrogen (secondary N) is 1. The van der Waals surface area contributed by atoms with Gasteiger partial charge in [0.25, 0.3) is 0 Å². The predicted molar refractivity (Wildman–Crippen MR) is 99.1 cm³/mol. The van der Waals surface area contributed by atoms with Crippen LogP contribution in [-0.4, -0.2) is 22.1 Å². The molecule has 0 spiro atoms. The van der Waals surface area contributed by atoms with E-state index in [2.05, 4.69) is 25.5 Å². The topological polar surface area (TPSA) is 55.4 Å². The number of aryl methyl sites for hydroxylation is 1. The lowest BCUT2D eigenvalue weighted by Gasteiger charge is -2.19. The SMILES string of the molecule is COC(CNS(=O)(=O)c1ccc(C(C)(C)C)cc1)c1ccc(C)s1. The number of methoxy groups -OCH3 is 1. The summed E-state index contributed by atoms with van der Waals surface area (Å²) in [6.45, 7) is 8.52. The predicted octanol–water partition coefficient (Wildman–Crippen LogP) is 4.02.